The number of nitrogens with zero attached hydrogens (tertiary/aromatic N) is 1. The molecule has 1 saturated heterocycles. The summed E-state index contributed by atoms with van der Waals surface area (Å²) >= 11 is 4.98. The smallest absolute Gasteiger partial charge is 0.260 e. The standard InChI is InChI=1S/C19H25N3O4S/c1-11-7-9-22(10-8-11)15(14-17(23)20-19(27)21-18(14)24)12-5-4-6-13(25-2)16(12)26-3/h4-6,11,15H,7-10H2,1-3H3,(H3,20,21,23,24,27)/t15-/m1/s1. The number of aromatic amines is 2. The molecule has 0 saturated carbocycles. The second kappa shape index (κ2) is 8.14. The van der Waals surface area contributed by atoms with Crippen LogP contribution in [0.5, 0.6) is 17.4 Å². The van der Waals surface area contributed by atoms with Crippen LogP contribution in [0.25, 0.3) is 0 Å². The monoisotopic (exact) mass is 391 g/mol. The molecule has 1 fully saturated rings. The summed E-state index contributed by atoms with van der Waals surface area (Å²) in [6.45, 7) is 3.84. The largest absolute Gasteiger partial charge is 0.494 e. The van der Waals surface area contributed by atoms with Gasteiger partial charge in [-0.1, -0.05) is 19.1 Å². The first kappa shape index (κ1) is 19.4. The van der Waals surface area contributed by atoms with Crippen LogP contribution < -0.4 is 15.0 Å². The van der Waals surface area contributed by atoms with Crippen molar-refractivity contribution < 1.29 is 14.6 Å². The molecular formula is C19H25N3O4S. The third kappa shape index (κ3) is 3.86. The van der Waals surface area contributed by atoms with E-state index in [2.05, 4.69) is 21.8 Å². The van der Waals surface area contributed by atoms with Gasteiger partial charge in [0.2, 0.25) is 5.88 Å². The molecule has 0 bridgehead atoms. The van der Waals surface area contributed by atoms with Gasteiger partial charge in [0, 0.05) is 5.56 Å². The average Bonchev–Trinajstić information content (AvgIpc) is 2.64. The quantitative estimate of drug-likeness (QED) is 0.679. The molecule has 3 N–H and O–H groups in total. The van der Waals surface area contributed by atoms with E-state index >= 15 is 0 Å². The van der Waals surface area contributed by atoms with E-state index in [4.69, 9.17) is 21.7 Å². The van der Waals surface area contributed by atoms with Crippen molar-refractivity contribution in [1.29, 1.82) is 0 Å². The fourth-order valence-electron chi connectivity index (χ4n) is 3.69. The van der Waals surface area contributed by atoms with E-state index in [0.717, 1.165) is 31.5 Å². The molecule has 27 heavy (non-hydrogen) atoms. The summed E-state index contributed by atoms with van der Waals surface area (Å²) in [7, 11) is 3.14. The van der Waals surface area contributed by atoms with E-state index in [9.17, 15) is 9.90 Å². The van der Waals surface area contributed by atoms with Crippen molar-refractivity contribution >= 4 is 12.2 Å². The van der Waals surface area contributed by atoms with Crippen LogP contribution >= 0.6 is 12.2 Å². The summed E-state index contributed by atoms with van der Waals surface area (Å²) < 4.78 is 11.1. The Hall–Kier alpha value is -2.32. The van der Waals surface area contributed by atoms with Crippen LogP contribution in [0.15, 0.2) is 23.0 Å². The van der Waals surface area contributed by atoms with Crippen molar-refractivity contribution in [2.45, 2.75) is 25.8 Å². The summed E-state index contributed by atoms with van der Waals surface area (Å²) in [5.41, 5.74) is 0.576. The van der Waals surface area contributed by atoms with Gasteiger partial charge in [0.05, 0.1) is 25.8 Å². The maximum absolute atomic E-state index is 12.7. The first-order chi connectivity index (χ1) is 13.0. The molecule has 1 aromatic heterocycles. The highest BCUT2D eigenvalue weighted by atomic mass is 32.1. The Kier molecular flexibility index (Phi) is 5.86. The molecule has 1 atom stereocenters. The number of hydrogen-bond acceptors (Lipinski definition) is 6. The normalized spacial score (nSPS) is 16.9. The van der Waals surface area contributed by atoms with Crippen molar-refractivity contribution in [2.24, 2.45) is 5.92 Å². The minimum absolute atomic E-state index is 0.0878. The Labute approximate surface area is 163 Å². The summed E-state index contributed by atoms with van der Waals surface area (Å²) in [4.78, 5) is 20.2. The molecule has 1 aliphatic rings. The number of nitrogens with one attached hydrogen (secondary N) is 2. The van der Waals surface area contributed by atoms with E-state index < -0.39 is 11.6 Å². The number of benzene rings is 1. The number of piperidine rings is 1. The molecular weight excluding hydrogens is 366 g/mol. The molecule has 1 aliphatic heterocycles. The zero-order valence-electron chi connectivity index (χ0n) is 15.7. The Balaban J connectivity index is 2.21. The fourth-order valence-corrected chi connectivity index (χ4v) is 3.88. The molecule has 0 unspecified atom stereocenters. The molecule has 8 heteroatoms. The van der Waals surface area contributed by atoms with Crippen molar-refractivity contribution in [1.82, 2.24) is 14.9 Å². The highest BCUT2D eigenvalue weighted by Crippen LogP contribution is 2.41. The van der Waals surface area contributed by atoms with Gasteiger partial charge in [-0.05, 0) is 50.1 Å². The number of methoxy groups -OCH3 is 2. The minimum atomic E-state index is -0.488. The number of para-hydroxylation sites is 1. The van der Waals surface area contributed by atoms with Crippen LogP contribution in [0.1, 0.15) is 36.9 Å². The van der Waals surface area contributed by atoms with E-state index in [1.165, 1.54) is 0 Å². The first-order valence-corrected chi connectivity index (χ1v) is 9.37. The van der Waals surface area contributed by atoms with Crippen LogP contribution in [0.4, 0.5) is 0 Å². The number of H-pyrrole nitrogens is 2. The highest BCUT2D eigenvalue weighted by Gasteiger charge is 2.33. The van der Waals surface area contributed by atoms with Gasteiger partial charge in [-0.25, -0.2) is 0 Å². The van der Waals surface area contributed by atoms with Gasteiger partial charge in [-0.3, -0.25) is 14.7 Å². The molecule has 146 valence electrons. The molecule has 0 spiro atoms. The van der Waals surface area contributed by atoms with Crippen LogP contribution in [0.2, 0.25) is 0 Å². The SMILES string of the molecule is COc1cccc([C@H](c2c(O)[nH]c(=S)[nH]c2=O)N2CCC(C)CC2)c1OC. The van der Waals surface area contributed by atoms with Gasteiger partial charge in [-0.2, -0.15) is 0 Å². The molecule has 1 aromatic carbocycles. The zero-order valence-corrected chi connectivity index (χ0v) is 16.6. The number of hydrogen-bond donors (Lipinski definition) is 3. The molecule has 0 radical (unpaired) electrons. The summed E-state index contributed by atoms with van der Waals surface area (Å²) in [5, 5.41) is 10.5. The summed E-state index contributed by atoms with van der Waals surface area (Å²) in [6.07, 6.45) is 2.04. The Morgan fingerprint density at radius 1 is 1.22 bits per heavy atom. The molecule has 0 aliphatic carbocycles. The lowest BCUT2D eigenvalue weighted by atomic mass is 9.92. The summed E-state index contributed by atoms with van der Waals surface area (Å²) in [5.74, 6) is 1.52. The van der Waals surface area contributed by atoms with Gasteiger partial charge in [0.1, 0.15) is 0 Å². The third-order valence-electron chi connectivity index (χ3n) is 5.14. The lowest BCUT2D eigenvalue weighted by Gasteiger charge is -2.37. The van der Waals surface area contributed by atoms with E-state index in [-0.39, 0.29) is 16.2 Å². The van der Waals surface area contributed by atoms with Crippen LogP contribution in [-0.2, 0) is 0 Å². The predicted molar refractivity (Wildman–Crippen MR) is 105 cm³/mol. The topological polar surface area (TPSA) is 90.6 Å². The number of aromatic nitrogens is 2. The van der Waals surface area contributed by atoms with Crippen molar-refractivity contribution in [2.75, 3.05) is 27.3 Å². The van der Waals surface area contributed by atoms with E-state index in [1.807, 2.05) is 12.1 Å². The second-order valence-electron chi connectivity index (χ2n) is 6.87. The van der Waals surface area contributed by atoms with Gasteiger partial charge in [0.15, 0.2) is 16.3 Å². The molecule has 3 rings (SSSR count). The van der Waals surface area contributed by atoms with Gasteiger partial charge in [-0.15, -0.1) is 0 Å². The molecule has 0 amide bonds. The Morgan fingerprint density at radius 3 is 2.52 bits per heavy atom. The van der Waals surface area contributed by atoms with Gasteiger partial charge in [0.25, 0.3) is 5.56 Å². The van der Waals surface area contributed by atoms with E-state index in [1.54, 1.807) is 20.3 Å². The first-order valence-electron chi connectivity index (χ1n) is 8.96. The minimum Gasteiger partial charge on any atom is -0.494 e. The maximum Gasteiger partial charge on any atom is 0.260 e. The van der Waals surface area contributed by atoms with Crippen molar-refractivity contribution in [3.63, 3.8) is 0 Å². The molecule has 7 nitrogen and oxygen atoms in total. The summed E-state index contributed by atoms with van der Waals surface area (Å²) in [6, 6.07) is 5.07. The number of rotatable bonds is 5. The lowest BCUT2D eigenvalue weighted by molar-refractivity contribution is 0.152. The number of likely N-dealkylation sites (tertiary alicyclic amines) is 1. The average molecular weight is 391 g/mol. The van der Waals surface area contributed by atoms with E-state index in [0.29, 0.717) is 17.4 Å². The highest BCUT2D eigenvalue weighted by molar-refractivity contribution is 7.71. The van der Waals surface area contributed by atoms with Gasteiger partial charge < -0.3 is 19.6 Å². The fraction of sp³-hybridized carbons (Fsp3) is 0.474. The maximum atomic E-state index is 12.7. The lowest BCUT2D eigenvalue weighted by Crippen LogP contribution is -2.39. The van der Waals surface area contributed by atoms with Crippen molar-refractivity contribution in [3.8, 4) is 17.4 Å². The Morgan fingerprint density at radius 2 is 1.93 bits per heavy atom. The number of ether oxygens (including phenoxy) is 2. The number of aromatic hydroxyl groups is 1. The van der Waals surface area contributed by atoms with Gasteiger partial charge >= 0.3 is 0 Å². The Bertz CT molecular complexity index is 916. The van der Waals surface area contributed by atoms with Crippen LogP contribution in [0.3, 0.4) is 0 Å². The second-order valence-corrected chi connectivity index (χ2v) is 7.28. The zero-order chi connectivity index (χ0) is 19.6. The predicted octanol–water partition coefficient (Wildman–Crippen LogP) is 2.98. The van der Waals surface area contributed by atoms with Crippen LogP contribution in [0, 0.1) is 10.7 Å². The van der Waals surface area contributed by atoms with Crippen LogP contribution in [-0.4, -0.2) is 47.3 Å². The molecule has 2 heterocycles. The van der Waals surface area contributed by atoms with Crippen molar-refractivity contribution in [3.05, 3.63) is 44.5 Å². The third-order valence-corrected chi connectivity index (χ3v) is 5.35. The molecule has 2 aromatic rings.